The van der Waals surface area contributed by atoms with E-state index in [1.165, 1.54) is 11.8 Å². The van der Waals surface area contributed by atoms with Crippen LogP contribution in [0.25, 0.3) is 0 Å². The molecule has 3 aromatic rings. The Morgan fingerprint density at radius 1 is 1.00 bits per heavy atom. The van der Waals surface area contributed by atoms with Gasteiger partial charge in [0.2, 0.25) is 0 Å². The quantitative estimate of drug-likeness (QED) is 0.263. The SMILES string of the molecule is CCCOc1ccc(C(=O)N/N=C/c2cc(Cl)c(OCc3ccc(C)cc3)c(OCC)c2)cc1. The zero-order chi connectivity index (χ0) is 24.3. The summed E-state index contributed by atoms with van der Waals surface area (Å²) in [5, 5.41) is 4.45. The minimum absolute atomic E-state index is 0.326. The van der Waals surface area contributed by atoms with Crippen LogP contribution in [0.5, 0.6) is 17.2 Å². The monoisotopic (exact) mass is 480 g/mol. The molecule has 0 fully saturated rings. The fraction of sp³-hybridized carbons (Fsp3) is 0.259. The molecule has 0 heterocycles. The maximum absolute atomic E-state index is 12.4. The van der Waals surface area contributed by atoms with Gasteiger partial charge in [-0.05, 0) is 67.8 Å². The van der Waals surface area contributed by atoms with Gasteiger partial charge in [-0.1, -0.05) is 48.4 Å². The predicted molar refractivity (Wildman–Crippen MR) is 135 cm³/mol. The maximum Gasteiger partial charge on any atom is 0.271 e. The summed E-state index contributed by atoms with van der Waals surface area (Å²) in [6.07, 6.45) is 2.43. The van der Waals surface area contributed by atoms with E-state index < -0.39 is 0 Å². The standard InChI is InChI=1S/C27H29ClN2O4/c1-4-14-33-23-12-10-22(11-13-23)27(31)30-29-17-21-15-24(28)26(25(16-21)32-5-2)34-18-20-8-6-19(3)7-9-20/h6-13,15-17H,4-5,14,18H2,1-3H3,(H,30,31)/b29-17+. The van der Waals surface area contributed by atoms with Crippen molar-refractivity contribution in [3.8, 4) is 17.2 Å². The van der Waals surface area contributed by atoms with Gasteiger partial charge in [0.25, 0.3) is 5.91 Å². The van der Waals surface area contributed by atoms with E-state index in [4.69, 9.17) is 25.8 Å². The van der Waals surface area contributed by atoms with Crippen molar-refractivity contribution < 1.29 is 19.0 Å². The van der Waals surface area contributed by atoms with Crippen molar-refractivity contribution in [1.29, 1.82) is 0 Å². The minimum atomic E-state index is -0.326. The summed E-state index contributed by atoms with van der Waals surface area (Å²) in [6.45, 7) is 7.42. The average Bonchev–Trinajstić information content (AvgIpc) is 2.84. The Labute approximate surface area is 205 Å². The van der Waals surface area contributed by atoms with Gasteiger partial charge in [-0.15, -0.1) is 0 Å². The Hall–Kier alpha value is -3.51. The van der Waals surface area contributed by atoms with Crippen LogP contribution in [-0.2, 0) is 6.61 Å². The van der Waals surface area contributed by atoms with E-state index >= 15 is 0 Å². The van der Waals surface area contributed by atoms with E-state index in [0.717, 1.165) is 17.7 Å². The molecule has 0 radical (unpaired) electrons. The van der Waals surface area contributed by atoms with Gasteiger partial charge in [-0.3, -0.25) is 4.79 Å². The molecule has 0 aliphatic carbocycles. The van der Waals surface area contributed by atoms with Crippen molar-refractivity contribution in [3.05, 3.63) is 87.9 Å². The highest BCUT2D eigenvalue weighted by Gasteiger charge is 2.13. The van der Waals surface area contributed by atoms with Crippen molar-refractivity contribution in [2.45, 2.75) is 33.8 Å². The first-order valence-corrected chi connectivity index (χ1v) is 11.6. The number of hydrogen-bond acceptors (Lipinski definition) is 5. The number of hydrogen-bond donors (Lipinski definition) is 1. The Kier molecular flexibility index (Phi) is 9.35. The van der Waals surface area contributed by atoms with Crippen LogP contribution in [0.1, 0.15) is 47.3 Å². The molecule has 0 atom stereocenters. The van der Waals surface area contributed by atoms with Crippen molar-refractivity contribution in [1.82, 2.24) is 5.43 Å². The third-order valence-electron chi connectivity index (χ3n) is 4.80. The molecule has 0 spiro atoms. The van der Waals surface area contributed by atoms with Crippen LogP contribution in [0.15, 0.2) is 65.8 Å². The van der Waals surface area contributed by atoms with Crippen LogP contribution in [0.2, 0.25) is 5.02 Å². The smallest absolute Gasteiger partial charge is 0.271 e. The fourth-order valence-corrected chi connectivity index (χ4v) is 3.33. The van der Waals surface area contributed by atoms with E-state index in [1.54, 1.807) is 36.4 Å². The summed E-state index contributed by atoms with van der Waals surface area (Å²) >= 11 is 6.48. The number of carbonyl (C=O) groups excluding carboxylic acids is 1. The van der Waals surface area contributed by atoms with Gasteiger partial charge >= 0.3 is 0 Å². The number of ether oxygens (including phenoxy) is 3. The van der Waals surface area contributed by atoms with Gasteiger partial charge in [0, 0.05) is 5.56 Å². The highest BCUT2D eigenvalue weighted by molar-refractivity contribution is 6.32. The van der Waals surface area contributed by atoms with Crippen LogP contribution < -0.4 is 19.6 Å². The highest BCUT2D eigenvalue weighted by atomic mass is 35.5. The molecule has 0 saturated carbocycles. The van der Waals surface area contributed by atoms with Crippen LogP contribution in [0.3, 0.4) is 0 Å². The fourth-order valence-electron chi connectivity index (χ4n) is 3.06. The number of halogens is 1. The number of amides is 1. The number of benzene rings is 3. The minimum Gasteiger partial charge on any atom is -0.494 e. The van der Waals surface area contributed by atoms with Crippen LogP contribution in [0.4, 0.5) is 0 Å². The molecule has 0 aromatic heterocycles. The van der Waals surface area contributed by atoms with Gasteiger partial charge in [0.05, 0.1) is 24.5 Å². The zero-order valence-corrected chi connectivity index (χ0v) is 20.4. The Balaban J connectivity index is 1.65. The van der Waals surface area contributed by atoms with Gasteiger partial charge in [0.15, 0.2) is 11.5 Å². The van der Waals surface area contributed by atoms with Crippen molar-refractivity contribution in [2.75, 3.05) is 13.2 Å². The molecule has 0 aliphatic heterocycles. The second-order valence-electron chi connectivity index (χ2n) is 7.61. The van der Waals surface area contributed by atoms with E-state index in [-0.39, 0.29) is 5.91 Å². The number of rotatable bonds is 11. The lowest BCUT2D eigenvalue weighted by atomic mass is 10.1. The summed E-state index contributed by atoms with van der Waals surface area (Å²) in [6, 6.07) is 18.5. The van der Waals surface area contributed by atoms with Gasteiger partial charge < -0.3 is 14.2 Å². The maximum atomic E-state index is 12.4. The average molecular weight is 481 g/mol. The summed E-state index contributed by atoms with van der Waals surface area (Å²) in [7, 11) is 0. The molecule has 3 rings (SSSR count). The molecule has 1 N–H and O–H groups in total. The first-order chi connectivity index (χ1) is 16.5. The molecule has 6 nitrogen and oxygen atoms in total. The van der Waals surface area contributed by atoms with Crippen LogP contribution >= 0.6 is 11.6 Å². The van der Waals surface area contributed by atoms with Gasteiger partial charge in [-0.25, -0.2) is 5.43 Å². The first-order valence-electron chi connectivity index (χ1n) is 11.2. The van der Waals surface area contributed by atoms with Crippen molar-refractivity contribution in [3.63, 3.8) is 0 Å². The number of aryl methyl sites for hydroxylation is 1. The Morgan fingerprint density at radius 2 is 1.74 bits per heavy atom. The van der Waals surface area contributed by atoms with Crippen LogP contribution in [0, 0.1) is 6.92 Å². The second kappa shape index (κ2) is 12.7. The summed E-state index contributed by atoms with van der Waals surface area (Å²) in [5.41, 5.74) is 5.88. The van der Waals surface area contributed by atoms with E-state index in [2.05, 4.69) is 10.5 Å². The third kappa shape index (κ3) is 7.25. The lowest BCUT2D eigenvalue weighted by molar-refractivity contribution is 0.0955. The third-order valence-corrected chi connectivity index (χ3v) is 5.09. The Morgan fingerprint density at radius 3 is 2.41 bits per heavy atom. The van der Waals surface area contributed by atoms with Gasteiger partial charge in [0.1, 0.15) is 12.4 Å². The topological polar surface area (TPSA) is 69.2 Å². The summed E-state index contributed by atoms with van der Waals surface area (Å²) in [5.74, 6) is 1.38. The molecule has 0 aliphatic rings. The number of nitrogens with zero attached hydrogens (tertiary/aromatic N) is 1. The largest absolute Gasteiger partial charge is 0.494 e. The van der Waals surface area contributed by atoms with Gasteiger partial charge in [-0.2, -0.15) is 5.10 Å². The number of carbonyl (C=O) groups is 1. The highest BCUT2D eigenvalue weighted by Crippen LogP contribution is 2.37. The molecule has 1 amide bonds. The normalized spacial score (nSPS) is 10.8. The first kappa shape index (κ1) is 25.1. The van der Waals surface area contributed by atoms with E-state index in [9.17, 15) is 4.79 Å². The van der Waals surface area contributed by atoms with E-state index in [0.29, 0.717) is 47.5 Å². The molecule has 3 aromatic carbocycles. The number of nitrogens with one attached hydrogen (secondary N) is 1. The molecule has 34 heavy (non-hydrogen) atoms. The van der Waals surface area contributed by atoms with Crippen molar-refractivity contribution in [2.24, 2.45) is 5.10 Å². The van der Waals surface area contributed by atoms with Crippen molar-refractivity contribution >= 4 is 23.7 Å². The van der Waals surface area contributed by atoms with Crippen LogP contribution in [-0.4, -0.2) is 25.3 Å². The lowest BCUT2D eigenvalue weighted by Crippen LogP contribution is -2.17. The molecule has 0 bridgehead atoms. The number of hydrazone groups is 1. The molecule has 178 valence electrons. The molecule has 7 heteroatoms. The Bertz CT molecular complexity index is 1110. The summed E-state index contributed by atoms with van der Waals surface area (Å²) in [4.78, 5) is 12.4. The lowest BCUT2D eigenvalue weighted by Gasteiger charge is -2.14. The molecular weight excluding hydrogens is 452 g/mol. The second-order valence-corrected chi connectivity index (χ2v) is 8.02. The zero-order valence-electron chi connectivity index (χ0n) is 19.6. The molecular formula is C27H29ClN2O4. The summed E-state index contributed by atoms with van der Waals surface area (Å²) < 4.78 is 17.2. The predicted octanol–water partition coefficient (Wildman–Crippen LogP) is 6.18. The molecule has 0 unspecified atom stereocenters. The van der Waals surface area contributed by atoms with E-state index in [1.807, 2.05) is 45.0 Å². The molecule has 0 saturated heterocycles.